The van der Waals surface area contributed by atoms with Crippen molar-refractivity contribution in [3.05, 3.63) is 58.9 Å². The summed E-state index contributed by atoms with van der Waals surface area (Å²) in [5.74, 6) is -0.635. The van der Waals surface area contributed by atoms with E-state index in [1.807, 2.05) is 18.2 Å². The summed E-state index contributed by atoms with van der Waals surface area (Å²) in [5, 5.41) is 3.53. The summed E-state index contributed by atoms with van der Waals surface area (Å²) >= 11 is 6.37. The molecular formula is C18H18ClFN2O. The Morgan fingerprint density at radius 2 is 1.74 bits per heavy atom. The Bertz CT molecular complexity index is 697. The maximum absolute atomic E-state index is 13.0. The summed E-state index contributed by atoms with van der Waals surface area (Å²) in [4.78, 5) is 14.6. The SMILES string of the molecule is O=C(Nc1cccc(Cl)c1N1CCCCC1)c1ccc(F)cc1. The van der Waals surface area contributed by atoms with Gasteiger partial charge < -0.3 is 10.2 Å². The first-order valence-electron chi connectivity index (χ1n) is 7.75. The number of para-hydroxylation sites is 1. The van der Waals surface area contributed by atoms with Crippen molar-refractivity contribution in [1.82, 2.24) is 0 Å². The van der Waals surface area contributed by atoms with Gasteiger partial charge >= 0.3 is 0 Å². The van der Waals surface area contributed by atoms with Gasteiger partial charge in [0, 0.05) is 18.7 Å². The number of carbonyl (C=O) groups excluding carboxylic acids is 1. The lowest BCUT2D eigenvalue weighted by Gasteiger charge is -2.31. The van der Waals surface area contributed by atoms with E-state index in [9.17, 15) is 9.18 Å². The van der Waals surface area contributed by atoms with Gasteiger partial charge in [0.2, 0.25) is 0 Å². The highest BCUT2D eigenvalue weighted by atomic mass is 35.5. The van der Waals surface area contributed by atoms with Crippen LogP contribution in [0.4, 0.5) is 15.8 Å². The van der Waals surface area contributed by atoms with Crippen LogP contribution in [0.1, 0.15) is 29.6 Å². The normalized spacial score (nSPS) is 14.6. The number of anilines is 2. The number of nitrogens with zero attached hydrogens (tertiary/aromatic N) is 1. The Morgan fingerprint density at radius 3 is 2.43 bits per heavy atom. The monoisotopic (exact) mass is 332 g/mol. The number of hydrogen-bond acceptors (Lipinski definition) is 2. The second-order valence-electron chi connectivity index (χ2n) is 5.64. The Labute approximate surface area is 140 Å². The van der Waals surface area contributed by atoms with Crippen molar-refractivity contribution < 1.29 is 9.18 Å². The minimum absolute atomic E-state index is 0.273. The molecule has 5 heteroatoms. The highest BCUT2D eigenvalue weighted by molar-refractivity contribution is 6.34. The van der Waals surface area contributed by atoms with Crippen molar-refractivity contribution in [2.24, 2.45) is 0 Å². The lowest BCUT2D eigenvalue weighted by molar-refractivity contribution is 0.102. The number of piperidine rings is 1. The predicted molar refractivity (Wildman–Crippen MR) is 91.9 cm³/mol. The molecule has 0 atom stereocenters. The smallest absolute Gasteiger partial charge is 0.255 e. The van der Waals surface area contributed by atoms with E-state index in [4.69, 9.17) is 11.6 Å². The molecule has 1 N–H and O–H groups in total. The summed E-state index contributed by atoms with van der Waals surface area (Å²) in [6, 6.07) is 11.0. The van der Waals surface area contributed by atoms with E-state index >= 15 is 0 Å². The van der Waals surface area contributed by atoms with Crippen LogP contribution in [0.2, 0.25) is 5.02 Å². The van der Waals surface area contributed by atoms with Gasteiger partial charge in [0.15, 0.2) is 0 Å². The quantitative estimate of drug-likeness (QED) is 0.882. The third kappa shape index (κ3) is 3.64. The van der Waals surface area contributed by atoms with Crippen LogP contribution < -0.4 is 10.2 Å². The Balaban J connectivity index is 1.86. The average molecular weight is 333 g/mol. The lowest BCUT2D eigenvalue weighted by Crippen LogP contribution is -2.30. The van der Waals surface area contributed by atoms with Gasteiger partial charge in [-0.05, 0) is 55.7 Å². The fraction of sp³-hybridized carbons (Fsp3) is 0.278. The molecule has 120 valence electrons. The fourth-order valence-electron chi connectivity index (χ4n) is 2.85. The standard InChI is InChI=1S/C18H18ClFN2O/c19-15-5-4-6-16(17(15)22-11-2-1-3-12-22)21-18(23)13-7-9-14(20)10-8-13/h4-10H,1-3,11-12H2,(H,21,23). The lowest BCUT2D eigenvalue weighted by atomic mass is 10.1. The van der Waals surface area contributed by atoms with Gasteiger partial charge in [-0.3, -0.25) is 4.79 Å². The van der Waals surface area contributed by atoms with Crippen molar-refractivity contribution in [2.45, 2.75) is 19.3 Å². The van der Waals surface area contributed by atoms with Gasteiger partial charge in [0.05, 0.1) is 16.4 Å². The first-order chi connectivity index (χ1) is 11.1. The maximum Gasteiger partial charge on any atom is 0.255 e. The largest absolute Gasteiger partial charge is 0.369 e. The average Bonchev–Trinajstić information content (AvgIpc) is 2.56. The molecule has 1 saturated heterocycles. The number of halogens is 2. The number of carbonyl (C=O) groups is 1. The molecule has 0 unspecified atom stereocenters. The number of benzene rings is 2. The number of amides is 1. The molecule has 1 aliphatic rings. The van der Waals surface area contributed by atoms with Crippen molar-refractivity contribution in [2.75, 3.05) is 23.3 Å². The Morgan fingerprint density at radius 1 is 1.04 bits per heavy atom. The first-order valence-corrected chi connectivity index (χ1v) is 8.13. The van der Waals surface area contributed by atoms with E-state index in [1.165, 1.54) is 30.7 Å². The molecule has 0 aromatic heterocycles. The highest BCUT2D eigenvalue weighted by Gasteiger charge is 2.19. The van der Waals surface area contributed by atoms with Gasteiger partial charge in [0.1, 0.15) is 5.82 Å². The van der Waals surface area contributed by atoms with Gasteiger partial charge in [0.25, 0.3) is 5.91 Å². The molecule has 2 aromatic carbocycles. The van der Waals surface area contributed by atoms with Gasteiger partial charge in [-0.15, -0.1) is 0 Å². The van der Waals surface area contributed by atoms with E-state index in [-0.39, 0.29) is 11.7 Å². The molecule has 2 aromatic rings. The van der Waals surface area contributed by atoms with Crippen LogP contribution >= 0.6 is 11.6 Å². The predicted octanol–water partition coefficient (Wildman–Crippen LogP) is 4.72. The molecule has 1 amide bonds. The van der Waals surface area contributed by atoms with E-state index in [0.29, 0.717) is 16.3 Å². The van der Waals surface area contributed by atoms with E-state index in [0.717, 1.165) is 31.6 Å². The van der Waals surface area contributed by atoms with Crippen molar-refractivity contribution >= 4 is 28.9 Å². The first kappa shape index (κ1) is 15.8. The zero-order valence-corrected chi connectivity index (χ0v) is 13.4. The molecule has 0 saturated carbocycles. The molecule has 1 fully saturated rings. The summed E-state index contributed by atoms with van der Waals surface area (Å²) in [7, 11) is 0. The number of rotatable bonds is 3. The minimum Gasteiger partial charge on any atom is -0.369 e. The Kier molecular flexibility index (Phi) is 4.82. The van der Waals surface area contributed by atoms with E-state index in [2.05, 4.69) is 10.2 Å². The van der Waals surface area contributed by atoms with Gasteiger partial charge in [-0.1, -0.05) is 17.7 Å². The Hall–Kier alpha value is -2.07. The molecule has 23 heavy (non-hydrogen) atoms. The molecule has 1 aliphatic heterocycles. The summed E-state index contributed by atoms with van der Waals surface area (Å²) in [5.41, 5.74) is 1.97. The van der Waals surface area contributed by atoms with E-state index < -0.39 is 0 Å². The van der Waals surface area contributed by atoms with E-state index in [1.54, 1.807) is 0 Å². The molecule has 3 nitrogen and oxygen atoms in total. The second kappa shape index (κ2) is 7.01. The summed E-state index contributed by atoms with van der Waals surface area (Å²) in [6.07, 6.45) is 3.46. The molecule has 1 heterocycles. The van der Waals surface area contributed by atoms with Crippen LogP contribution in [-0.4, -0.2) is 19.0 Å². The van der Waals surface area contributed by atoms with Crippen LogP contribution in [0, 0.1) is 5.82 Å². The maximum atomic E-state index is 13.0. The second-order valence-corrected chi connectivity index (χ2v) is 6.05. The summed E-state index contributed by atoms with van der Waals surface area (Å²) < 4.78 is 13.0. The van der Waals surface area contributed by atoms with Crippen molar-refractivity contribution in [1.29, 1.82) is 0 Å². The van der Waals surface area contributed by atoms with Crippen LogP contribution in [0.25, 0.3) is 0 Å². The van der Waals surface area contributed by atoms with Crippen LogP contribution in [0.5, 0.6) is 0 Å². The number of nitrogens with one attached hydrogen (secondary N) is 1. The molecule has 0 bridgehead atoms. The van der Waals surface area contributed by atoms with Gasteiger partial charge in [-0.25, -0.2) is 4.39 Å². The van der Waals surface area contributed by atoms with Crippen LogP contribution in [-0.2, 0) is 0 Å². The highest BCUT2D eigenvalue weighted by Crippen LogP contribution is 2.35. The van der Waals surface area contributed by atoms with Crippen LogP contribution in [0.3, 0.4) is 0 Å². The van der Waals surface area contributed by atoms with Crippen molar-refractivity contribution in [3.8, 4) is 0 Å². The van der Waals surface area contributed by atoms with Crippen molar-refractivity contribution in [3.63, 3.8) is 0 Å². The fourth-order valence-corrected chi connectivity index (χ4v) is 3.14. The van der Waals surface area contributed by atoms with Crippen LogP contribution in [0.15, 0.2) is 42.5 Å². The molecule has 0 spiro atoms. The molecule has 0 radical (unpaired) electrons. The zero-order valence-electron chi connectivity index (χ0n) is 12.7. The number of hydrogen-bond donors (Lipinski definition) is 1. The zero-order chi connectivity index (χ0) is 16.2. The molecule has 0 aliphatic carbocycles. The topological polar surface area (TPSA) is 32.3 Å². The minimum atomic E-state index is -0.363. The molecular weight excluding hydrogens is 315 g/mol. The molecule has 3 rings (SSSR count). The van der Waals surface area contributed by atoms with Gasteiger partial charge in [-0.2, -0.15) is 0 Å². The third-order valence-electron chi connectivity index (χ3n) is 4.01. The third-order valence-corrected chi connectivity index (χ3v) is 4.32. The summed E-state index contributed by atoms with van der Waals surface area (Å²) in [6.45, 7) is 1.87.